The van der Waals surface area contributed by atoms with Crippen LogP contribution in [0.4, 0.5) is 0 Å². The minimum absolute atomic E-state index is 0.780. The first-order chi connectivity index (χ1) is 11.3. The molecule has 130 valence electrons. The predicted molar refractivity (Wildman–Crippen MR) is 94.5 cm³/mol. The first-order valence-corrected chi connectivity index (χ1v) is 10.5. The Kier molecular flexibility index (Phi) is 3.95. The van der Waals surface area contributed by atoms with Crippen molar-refractivity contribution >= 4 is 0 Å². The van der Waals surface area contributed by atoms with E-state index in [0.29, 0.717) is 0 Å². The zero-order valence-corrected chi connectivity index (χ0v) is 14.8. The van der Waals surface area contributed by atoms with E-state index in [9.17, 15) is 0 Å². The summed E-state index contributed by atoms with van der Waals surface area (Å²) in [6.45, 7) is 9.05. The van der Waals surface area contributed by atoms with Crippen molar-refractivity contribution in [3.63, 3.8) is 0 Å². The Balaban J connectivity index is 1.15. The molecule has 6 aliphatic rings. The highest BCUT2D eigenvalue weighted by atomic mass is 15.3. The van der Waals surface area contributed by atoms with Crippen molar-refractivity contribution in [1.29, 1.82) is 0 Å². The molecule has 0 aromatic carbocycles. The van der Waals surface area contributed by atoms with E-state index in [1.54, 1.807) is 38.5 Å². The van der Waals surface area contributed by atoms with Crippen molar-refractivity contribution in [1.82, 2.24) is 15.1 Å². The Morgan fingerprint density at radius 2 is 1.52 bits per heavy atom. The molecule has 1 N–H and O–H groups in total. The van der Waals surface area contributed by atoms with Gasteiger partial charge in [0.2, 0.25) is 0 Å². The van der Waals surface area contributed by atoms with Crippen LogP contribution in [0.5, 0.6) is 0 Å². The van der Waals surface area contributed by atoms with Gasteiger partial charge in [-0.3, -0.25) is 4.90 Å². The maximum absolute atomic E-state index is 3.49. The molecular formula is C20H35N3. The monoisotopic (exact) mass is 317 g/mol. The summed E-state index contributed by atoms with van der Waals surface area (Å²) in [4.78, 5) is 5.56. The van der Waals surface area contributed by atoms with E-state index >= 15 is 0 Å². The molecule has 3 heteroatoms. The van der Waals surface area contributed by atoms with Crippen LogP contribution in [0.1, 0.15) is 51.4 Å². The maximum Gasteiger partial charge on any atom is 0.0236 e. The fourth-order valence-electron chi connectivity index (χ4n) is 7.35. The SMILES string of the molecule is C1CN(C2CCN(CCC34CC5CC(CC(C5)C3)C4)C2)CCN1. The molecule has 0 aromatic rings. The summed E-state index contributed by atoms with van der Waals surface area (Å²) < 4.78 is 0. The Bertz CT molecular complexity index is 393. The van der Waals surface area contributed by atoms with Gasteiger partial charge in [0.05, 0.1) is 0 Å². The summed E-state index contributed by atoms with van der Waals surface area (Å²) in [6.07, 6.45) is 12.5. The lowest BCUT2D eigenvalue weighted by atomic mass is 9.49. The highest BCUT2D eigenvalue weighted by Crippen LogP contribution is 2.61. The normalized spacial score (nSPS) is 47.5. The zero-order chi connectivity index (χ0) is 15.3. The lowest BCUT2D eigenvalue weighted by Gasteiger charge is -2.57. The third kappa shape index (κ3) is 2.98. The second-order valence-electron chi connectivity index (χ2n) is 9.70. The van der Waals surface area contributed by atoms with Crippen LogP contribution < -0.4 is 5.32 Å². The molecule has 4 aliphatic carbocycles. The van der Waals surface area contributed by atoms with Gasteiger partial charge in [-0.05, 0) is 87.6 Å². The molecule has 2 saturated heterocycles. The van der Waals surface area contributed by atoms with Crippen LogP contribution in [-0.2, 0) is 0 Å². The van der Waals surface area contributed by atoms with Crippen molar-refractivity contribution in [2.45, 2.75) is 57.4 Å². The molecular weight excluding hydrogens is 282 g/mol. The lowest BCUT2D eigenvalue weighted by Crippen LogP contribution is -2.49. The van der Waals surface area contributed by atoms with E-state index < -0.39 is 0 Å². The molecule has 2 heterocycles. The van der Waals surface area contributed by atoms with Crippen LogP contribution in [0.3, 0.4) is 0 Å². The van der Waals surface area contributed by atoms with Gasteiger partial charge in [-0.2, -0.15) is 0 Å². The van der Waals surface area contributed by atoms with E-state index in [1.165, 1.54) is 58.7 Å². The average Bonchev–Trinajstić information content (AvgIpc) is 3.02. The number of piperazine rings is 1. The molecule has 4 saturated carbocycles. The van der Waals surface area contributed by atoms with Crippen molar-refractivity contribution in [3.05, 3.63) is 0 Å². The van der Waals surface area contributed by atoms with E-state index in [1.807, 2.05) is 0 Å². The number of rotatable bonds is 4. The maximum atomic E-state index is 3.49. The first-order valence-electron chi connectivity index (χ1n) is 10.5. The van der Waals surface area contributed by atoms with Crippen LogP contribution in [0.2, 0.25) is 0 Å². The molecule has 3 nitrogen and oxygen atoms in total. The number of hydrogen-bond donors (Lipinski definition) is 1. The lowest BCUT2D eigenvalue weighted by molar-refractivity contribution is -0.0604. The van der Waals surface area contributed by atoms with E-state index in [-0.39, 0.29) is 0 Å². The minimum atomic E-state index is 0.780. The third-order valence-electron chi connectivity index (χ3n) is 8.04. The van der Waals surface area contributed by atoms with Crippen molar-refractivity contribution in [3.8, 4) is 0 Å². The van der Waals surface area contributed by atoms with Crippen LogP contribution in [0.25, 0.3) is 0 Å². The van der Waals surface area contributed by atoms with Crippen LogP contribution >= 0.6 is 0 Å². The van der Waals surface area contributed by atoms with E-state index in [2.05, 4.69) is 15.1 Å². The van der Waals surface area contributed by atoms with Crippen LogP contribution in [0.15, 0.2) is 0 Å². The van der Waals surface area contributed by atoms with Gasteiger partial charge in [0, 0.05) is 38.8 Å². The second-order valence-corrected chi connectivity index (χ2v) is 9.70. The number of hydrogen-bond acceptors (Lipinski definition) is 3. The second kappa shape index (κ2) is 6.00. The van der Waals surface area contributed by atoms with Gasteiger partial charge in [0.1, 0.15) is 0 Å². The summed E-state index contributed by atoms with van der Waals surface area (Å²) in [5.41, 5.74) is 0.780. The summed E-state index contributed by atoms with van der Waals surface area (Å²) in [6, 6.07) is 0.855. The minimum Gasteiger partial charge on any atom is -0.314 e. The molecule has 0 amide bonds. The summed E-state index contributed by atoms with van der Waals surface area (Å²) in [5.74, 6) is 3.36. The smallest absolute Gasteiger partial charge is 0.0236 e. The van der Waals surface area contributed by atoms with Gasteiger partial charge < -0.3 is 10.2 Å². The van der Waals surface area contributed by atoms with Crippen LogP contribution in [-0.4, -0.2) is 61.7 Å². The number of nitrogens with zero attached hydrogens (tertiary/aromatic N) is 2. The summed E-state index contributed by atoms with van der Waals surface area (Å²) in [7, 11) is 0. The first kappa shape index (κ1) is 15.2. The van der Waals surface area contributed by atoms with Gasteiger partial charge >= 0.3 is 0 Å². The van der Waals surface area contributed by atoms with Crippen molar-refractivity contribution < 1.29 is 0 Å². The summed E-state index contributed by atoms with van der Waals surface area (Å²) >= 11 is 0. The molecule has 0 aromatic heterocycles. The topological polar surface area (TPSA) is 18.5 Å². The Hall–Kier alpha value is -0.120. The third-order valence-corrected chi connectivity index (χ3v) is 8.04. The van der Waals surface area contributed by atoms with Gasteiger partial charge in [0.25, 0.3) is 0 Å². The number of nitrogens with one attached hydrogen (secondary N) is 1. The van der Waals surface area contributed by atoms with Gasteiger partial charge in [-0.25, -0.2) is 0 Å². The quantitative estimate of drug-likeness (QED) is 0.860. The van der Waals surface area contributed by atoms with Gasteiger partial charge in [0.15, 0.2) is 0 Å². The molecule has 1 unspecified atom stereocenters. The van der Waals surface area contributed by atoms with E-state index in [4.69, 9.17) is 0 Å². The van der Waals surface area contributed by atoms with Gasteiger partial charge in [-0.15, -0.1) is 0 Å². The average molecular weight is 318 g/mol. The van der Waals surface area contributed by atoms with Gasteiger partial charge in [-0.1, -0.05) is 0 Å². The zero-order valence-electron chi connectivity index (χ0n) is 14.8. The fourth-order valence-corrected chi connectivity index (χ4v) is 7.35. The Morgan fingerprint density at radius 1 is 0.870 bits per heavy atom. The molecule has 6 rings (SSSR count). The molecule has 0 radical (unpaired) electrons. The largest absolute Gasteiger partial charge is 0.314 e. The van der Waals surface area contributed by atoms with E-state index in [0.717, 1.165) is 29.2 Å². The van der Waals surface area contributed by atoms with Crippen molar-refractivity contribution in [2.24, 2.45) is 23.2 Å². The molecule has 0 spiro atoms. The molecule has 23 heavy (non-hydrogen) atoms. The number of likely N-dealkylation sites (tertiary alicyclic amines) is 1. The Morgan fingerprint density at radius 3 is 2.17 bits per heavy atom. The molecule has 1 atom stereocenters. The highest BCUT2D eigenvalue weighted by molar-refractivity contribution is 5.01. The molecule has 2 aliphatic heterocycles. The Labute approximate surface area is 142 Å². The molecule has 4 bridgehead atoms. The highest BCUT2D eigenvalue weighted by Gasteiger charge is 2.50. The summed E-state index contributed by atoms with van der Waals surface area (Å²) in [5, 5.41) is 3.49. The predicted octanol–water partition coefficient (Wildman–Crippen LogP) is 2.57. The standard InChI is InChI=1S/C20H35N3/c1-5-22(15-19(1)23-7-3-21-4-8-23)6-2-20-12-16-9-17(13-20)11-18(10-16)14-20/h16-19,21H,1-15H2. The fraction of sp³-hybridized carbons (Fsp3) is 1.00. The van der Waals surface area contributed by atoms with Crippen LogP contribution in [0, 0.1) is 23.2 Å². The molecule has 6 fully saturated rings. The van der Waals surface area contributed by atoms with Crippen molar-refractivity contribution in [2.75, 3.05) is 45.8 Å².